The molecule has 0 spiro atoms. The van der Waals surface area contributed by atoms with Gasteiger partial charge in [0.2, 0.25) is 0 Å². The highest BCUT2D eigenvalue weighted by atomic mass is 19.1. The van der Waals surface area contributed by atoms with E-state index in [2.05, 4.69) is 0 Å². The molecule has 0 bridgehead atoms. The molecule has 0 fully saturated rings. The van der Waals surface area contributed by atoms with E-state index in [9.17, 15) is 18.4 Å². The number of rotatable bonds is 13. The Morgan fingerprint density at radius 3 is 1.25 bits per heavy atom. The van der Waals surface area contributed by atoms with Crippen LogP contribution in [0.15, 0.2) is 84.9 Å². The van der Waals surface area contributed by atoms with Crippen LogP contribution in [0, 0.1) is 34.3 Å². The SMILES string of the molecule is N#Cc1ccc(-c2ccc(OC(=O)CCCCCCCCC(=O)Oc3ccc(-c4ccc(C#N)cc4)c(F)c3)cc2F)cc1. The lowest BCUT2D eigenvalue weighted by molar-refractivity contribution is -0.135. The normalized spacial score (nSPS) is 10.5. The Labute approximate surface area is 255 Å². The van der Waals surface area contributed by atoms with Crippen LogP contribution in [0.4, 0.5) is 8.78 Å². The maximum Gasteiger partial charge on any atom is 0.311 e. The summed E-state index contributed by atoms with van der Waals surface area (Å²) < 4.78 is 39.7. The number of unbranched alkanes of at least 4 members (excludes halogenated alkanes) is 5. The second-order valence-electron chi connectivity index (χ2n) is 10.2. The summed E-state index contributed by atoms with van der Waals surface area (Å²) in [7, 11) is 0. The minimum Gasteiger partial charge on any atom is -0.426 e. The van der Waals surface area contributed by atoms with Crippen LogP contribution in [0.25, 0.3) is 22.3 Å². The van der Waals surface area contributed by atoms with Crippen molar-refractivity contribution in [2.24, 2.45) is 0 Å². The molecular weight excluding hydrogens is 562 g/mol. The van der Waals surface area contributed by atoms with Gasteiger partial charge in [-0.25, -0.2) is 8.78 Å². The summed E-state index contributed by atoms with van der Waals surface area (Å²) in [5, 5.41) is 17.8. The number of nitriles is 2. The van der Waals surface area contributed by atoms with E-state index in [0.717, 1.165) is 25.7 Å². The van der Waals surface area contributed by atoms with Crippen LogP contribution in [0.3, 0.4) is 0 Å². The summed E-state index contributed by atoms with van der Waals surface area (Å²) in [5.74, 6) is -1.62. The Hall–Kier alpha value is -5.34. The third-order valence-electron chi connectivity index (χ3n) is 7.01. The van der Waals surface area contributed by atoms with Gasteiger partial charge in [0.05, 0.1) is 23.3 Å². The number of hydrogen-bond donors (Lipinski definition) is 0. The molecule has 0 N–H and O–H groups in total. The lowest BCUT2D eigenvalue weighted by atomic mass is 10.0. The first kappa shape index (κ1) is 31.6. The molecule has 44 heavy (non-hydrogen) atoms. The molecule has 0 heterocycles. The lowest BCUT2D eigenvalue weighted by Gasteiger charge is -2.08. The molecule has 8 heteroatoms. The van der Waals surface area contributed by atoms with Gasteiger partial charge in [-0.2, -0.15) is 10.5 Å². The van der Waals surface area contributed by atoms with Crippen molar-refractivity contribution >= 4 is 11.9 Å². The average molecular weight is 593 g/mol. The minimum absolute atomic E-state index is 0.141. The molecule has 0 aliphatic carbocycles. The highest BCUT2D eigenvalue weighted by molar-refractivity contribution is 5.74. The summed E-state index contributed by atoms with van der Waals surface area (Å²) in [6.45, 7) is 0. The minimum atomic E-state index is -0.520. The van der Waals surface area contributed by atoms with E-state index in [1.807, 2.05) is 12.1 Å². The number of halogens is 2. The van der Waals surface area contributed by atoms with Crippen molar-refractivity contribution < 1.29 is 27.8 Å². The molecular formula is C36H30F2N2O4. The predicted molar refractivity (Wildman–Crippen MR) is 161 cm³/mol. The number of ether oxygens (including phenoxy) is 2. The third kappa shape index (κ3) is 9.08. The summed E-state index contributed by atoms with van der Waals surface area (Å²) in [5.41, 5.74) is 2.92. The van der Waals surface area contributed by atoms with Crippen molar-refractivity contribution in [1.82, 2.24) is 0 Å². The Kier molecular flexibility index (Phi) is 11.3. The van der Waals surface area contributed by atoms with E-state index in [4.69, 9.17) is 20.0 Å². The zero-order valence-electron chi connectivity index (χ0n) is 24.0. The van der Waals surface area contributed by atoms with Gasteiger partial charge in [-0.3, -0.25) is 9.59 Å². The first-order valence-electron chi connectivity index (χ1n) is 14.4. The number of nitrogens with zero attached hydrogens (tertiary/aromatic N) is 2. The number of esters is 2. The Bertz CT molecular complexity index is 1560. The van der Waals surface area contributed by atoms with Gasteiger partial charge >= 0.3 is 11.9 Å². The van der Waals surface area contributed by atoms with Crippen molar-refractivity contribution in [3.63, 3.8) is 0 Å². The van der Waals surface area contributed by atoms with Gasteiger partial charge in [-0.15, -0.1) is 0 Å². The molecule has 4 aromatic rings. The molecule has 0 aromatic heterocycles. The second-order valence-corrected chi connectivity index (χ2v) is 10.2. The van der Waals surface area contributed by atoms with Crippen molar-refractivity contribution in [3.8, 4) is 45.9 Å². The molecule has 0 radical (unpaired) electrons. The van der Waals surface area contributed by atoms with Gasteiger partial charge in [-0.1, -0.05) is 49.9 Å². The molecule has 6 nitrogen and oxygen atoms in total. The fourth-order valence-corrected chi connectivity index (χ4v) is 4.65. The molecule has 0 saturated heterocycles. The van der Waals surface area contributed by atoms with Crippen LogP contribution in [-0.2, 0) is 9.59 Å². The van der Waals surface area contributed by atoms with Gasteiger partial charge in [0, 0.05) is 36.1 Å². The molecule has 0 aliphatic rings. The standard InChI is InChI=1S/C36H30F2N2O4/c37-33-21-29(17-19-31(33)27-13-9-25(23-39)10-14-27)43-35(41)7-5-3-1-2-4-6-8-36(42)44-30-18-20-32(34(38)22-30)28-15-11-26(24-40)12-16-28/h9-22H,1-8H2. The topological polar surface area (TPSA) is 100 Å². The van der Waals surface area contributed by atoms with Gasteiger partial charge < -0.3 is 9.47 Å². The van der Waals surface area contributed by atoms with E-state index >= 15 is 0 Å². The number of carbonyl (C=O) groups is 2. The Morgan fingerprint density at radius 1 is 0.545 bits per heavy atom. The molecule has 222 valence electrons. The van der Waals surface area contributed by atoms with E-state index in [0.29, 0.717) is 46.2 Å². The smallest absolute Gasteiger partial charge is 0.311 e. The van der Waals surface area contributed by atoms with Crippen LogP contribution in [0.5, 0.6) is 11.5 Å². The summed E-state index contributed by atoms with van der Waals surface area (Å²) in [4.78, 5) is 24.4. The molecule has 0 unspecified atom stereocenters. The third-order valence-corrected chi connectivity index (χ3v) is 7.01. The van der Waals surface area contributed by atoms with Crippen LogP contribution in [0.2, 0.25) is 0 Å². The maximum absolute atomic E-state index is 14.6. The molecule has 0 atom stereocenters. The highest BCUT2D eigenvalue weighted by Crippen LogP contribution is 2.28. The summed E-state index contributed by atoms with van der Waals surface area (Å²) in [6.07, 6.45) is 5.11. The number of hydrogen-bond acceptors (Lipinski definition) is 6. The van der Waals surface area contributed by atoms with Gasteiger partial charge in [-0.05, 0) is 72.5 Å². The van der Waals surface area contributed by atoms with Crippen molar-refractivity contribution in [3.05, 3.63) is 108 Å². The van der Waals surface area contributed by atoms with E-state index in [1.165, 1.54) is 12.1 Å². The monoisotopic (exact) mass is 592 g/mol. The second kappa shape index (κ2) is 15.8. The fourth-order valence-electron chi connectivity index (χ4n) is 4.65. The number of carbonyl (C=O) groups excluding carboxylic acids is 2. The van der Waals surface area contributed by atoms with Crippen LogP contribution in [0.1, 0.15) is 62.5 Å². The Balaban J connectivity index is 1.08. The van der Waals surface area contributed by atoms with Gasteiger partial charge in [0.15, 0.2) is 0 Å². The van der Waals surface area contributed by atoms with E-state index in [-0.39, 0.29) is 24.3 Å². The lowest BCUT2D eigenvalue weighted by Crippen LogP contribution is -2.08. The van der Waals surface area contributed by atoms with Crippen molar-refractivity contribution in [2.75, 3.05) is 0 Å². The molecule has 0 amide bonds. The van der Waals surface area contributed by atoms with Crippen LogP contribution in [-0.4, -0.2) is 11.9 Å². The molecule has 4 rings (SSSR count). The van der Waals surface area contributed by atoms with Crippen molar-refractivity contribution in [2.45, 2.75) is 51.4 Å². The predicted octanol–water partition coefficient (Wildman–Crippen LogP) is 8.67. The van der Waals surface area contributed by atoms with E-state index < -0.39 is 23.6 Å². The molecule has 0 aliphatic heterocycles. The van der Waals surface area contributed by atoms with Gasteiger partial charge in [0.25, 0.3) is 0 Å². The Morgan fingerprint density at radius 2 is 0.909 bits per heavy atom. The van der Waals surface area contributed by atoms with Crippen LogP contribution < -0.4 is 9.47 Å². The first-order valence-corrected chi connectivity index (χ1v) is 14.4. The fraction of sp³-hybridized carbons (Fsp3) is 0.222. The van der Waals surface area contributed by atoms with Crippen molar-refractivity contribution in [1.29, 1.82) is 10.5 Å². The van der Waals surface area contributed by atoms with E-state index in [1.54, 1.807) is 72.8 Å². The zero-order chi connectivity index (χ0) is 31.3. The summed E-state index contributed by atoms with van der Waals surface area (Å²) >= 11 is 0. The average Bonchev–Trinajstić information content (AvgIpc) is 3.02. The molecule has 0 saturated carbocycles. The number of benzene rings is 4. The van der Waals surface area contributed by atoms with Crippen LogP contribution >= 0.6 is 0 Å². The summed E-state index contributed by atoms with van der Waals surface area (Å²) in [6, 6.07) is 25.7. The van der Waals surface area contributed by atoms with Gasteiger partial charge in [0.1, 0.15) is 23.1 Å². The quantitative estimate of drug-likeness (QED) is 0.0875. The maximum atomic E-state index is 14.6. The highest BCUT2D eigenvalue weighted by Gasteiger charge is 2.12. The molecule has 4 aromatic carbocycles. The zero-order valence-corrected chi connectivity index (χ0v) is 24.0. The largest absolute Gasteiger partial charge is 0.426 e. The first-order chi connectivity index (χ1) is 21.4.